The number of benzene rings is 1. The normalized spacial score (nSPS) is 22.1. The van der Waals surface area contributed by atoms with E-state index in [2.05, 4.69) is 29.7 Å². The molecule has 0 bridgehead atoms. The van der Waals surface area contributed by atoms with Crippen LogP contribution in [0, 0.1) is 0 Å². The average Bonchev–Trinajstić information content (AvgIpc) is 2.90. The van der Waals surface area contributed by atoms with Crippen molar-refractivity contribution in [1.82, 2.24) is 9.88 Å². The minimum absolute atomic E-state index is 0.0569. The van der Waals surface area contributed by atoms with E-state index in [0.29, 0.717) is 0 Å². The largest absolute Gasteiger partial charge is 0.391 e. The molecule has 0 fully saturated rings. The van der Waals surface area contributed by atoms with Crippen molar-refractivity contribution in [2.75, 3.05) is 0 Å². The molecule has 0 aliphatic heterocycles. The third-order valence-electron chi connectivity index (χ3n) is 3.62. The third-order valence-corrected chi connectivity index (χ3v) is 3.62. The number of aliphatic hydroxyl groups excluding tert-OH is 1. The molecule has 1 aromatic carbocycles. The number of aliphatic hydroxyl groups is 1. The quantitative estimate of drug-likeness (QED) is 0.860. The molecule has 2 aromatic rings. The van der Waals surface area contributed by atoms with Gasteiger partial charge in [-0.1, -0.05) is 24.3 Å². The van der Waals surface area contributed by atoms with Crippen molar-refractivity contribution in [2.24, 2.45) is 7.05 Å². The molecule has 0 saturated carbocycles. The number of nitrogens with one attached hydrogen (secondary N) is 1. The van der Waals surface area contributed by atoms with Gasteiger partial charge in [0, 0.05) is 32.4 Å². The van der Waals surface area contributed by atoms with E-state index in [9.17, 15) is 5.11 Å². The summed E-state index contributed by atoms with van der Waals surface area (Å²) in [6.45, 7) is 0.789. The molecule has 3 nitrogen and oxygen atoms in total. The van der Waals surface area contributed by atoms with Gasteiger partial charge < -0.3 is 15.0 Å². The van der Waals surface area contributed by atoms with Gasteiger partial charge in [0.15, 0.2) is 0 Å². The van der Waals surface area contributed by atoms with E-state index in [1.54, 1.807) is 0 Å². The molecule has 0 spiro atoms. The predicted octanol–water partition coefficient (Wildman–Crippen LogP) is 1.77. The van der Waals surface area contributed by atoms with Gasteiger partial charge in [0.05, 0.1) is 12.1 Å². The average molecular weight is 242 g/mol. The van der Waals surface area contributed by atoms with Crippen LogP contribution in [0.5, 0.6) is 0 Å². The Balaban J connectivity index is 1.73. The molecular weight excluding hydrogens is 224 g/mol. The lowest BCUT2D eigenvalue weighted by atomic mass is 10.1. The standard InChI is InChI=1S/C15H18N2O/c1-17-7-6-11(10-17)9-16-15-13-5-3-2-4-12(13)8-14(15)18/h2-7,10,14-16,18H,8-9H2,1H3/t14-,15+/m0/s1. The first-order valence-corrected chi connectivity index (χ1v) is 6.34. The second-order valence-electron chi connectivity index (χ2n) is 5.01. The van der Waals surface area contributed by atoms with Gasteiger partial charge in [0.2, 0.25) is 0 Å². The molecule has 3 rings (SSSR count). The summed E-state index contributed by atoms with van der Waals surface area (Å²) < 4.78 is 2.04. The third kappa shape index (κ3) is 2.07. The van der Waals surface area contributed by atoms with Crippen LogP contribution in [0.25, 0.3) is 0 Å². The van der Waals surface area contributed by atoms with Crippen LogP contribution in [0.2, 0.25) is 0 Å². The van der Waals surface area contributed by atoms with E-state index in [-0.39, 0.29) is 12.1 Å². The van der Waals surface area contributed by atoms with Gasteiger partial charge in [-0.3, -0.25) is 0 Å². The van der Waals surface area contributed by atoms with E-state index in [1.165, 1.54) is 16.7 Å². The van der Waals surface area contributed by atoms with Crippen LogP contribution >= 0.6 is 0 Å². The molecule has 18 heavy (non-hydrogen) atoms. The minimum atomic E-state index is -0.314. The highest BCUT2D eigenvalue weighted by Crippen LogP contribution is 2.31. The molecule has 0 amide bonds. The molecule has 0 radical (unpaired) electrons. The van der Waals surface area contributed by atoms with Crippen molar-refractivity contribution in [2.45, 2.75) is 25.1 Å². The number of aromatic nitrogens is 1. The Morgan fingerprint density at radius 2 is 2.17 bits per heavy atom. The van der Waals surface area contributed by atoms with Crippen molar-refractivity contribution >= 4 is 0 Å². The Kier molecular flexibility index (Phi) is 2.94. The summed E-state index contributed by atoms with van der Waals surface area (Å²) in [5, 5.41) is 13.6. The highest BCUT2D eigenvalue weighted by atomic mass is 16.3. The van der Waals surface area contributed by atoms with Crippen LogP contribution in [-0.2, 0) is 20.0 Å². The molecular formula is C15H18N2O. The first-order chi connectivity index (χ1) is 8.74. The molecule has 0 unspecified atom stereocenters. The Labute approximate surface area is 107 Å². The molecule has 2 atom stereocenters. The van der Waals surface area contributed by atoms with Crippen molar-refractivity contribution < 1.29 is 5.11 Å². The van der Waals surface area contributed by atoms with Gasteiger partial charge in [-0.15, -0.1) is 0 Å². The Morgan fingerprint density at radius 1 is 1.33 bits per heavy atom. The summed E-state index contributed by atoms with van der Waals surface area (Å²) in [4.78, 5) is 0. The molecule has 1 aliphatic carbocycles. The highest BCUT2D eigenvalue weighted by Gasteiger charge is 2.29. The lowest BCUT2D eigenvalue weighted by Gasteiger charge is -2.17. The van der Waals surface area contributed by atoms with Gasteiger partial charge in [-0.05, 0) is 22.8 Å². The van der Waals surface area contributed by atoms with Gasteiger partial charge in [0.1, 0.15) is 0 Å². The molecule has 2 N–H and O–H groups in total. The maximum Gasteiger partial charge on any atom is 0.0775 e. The second kappa shape index (κ2) is 4.59. The number of rotatable bonds is 3. The van der Waals surface area contributed by atoms with Crippen LogP contribution in [-0.4, -0.2) is 15.8 Å². The van der Waals surface area contributed by atoms with E-state index in [4.69, 9.17) is 0 Å². The Bertz CT molecular complexity index is 547. The smallest absolute Gasteiger partial charge is 0.0775 e. The van der Waals surface area contributed by atoms with Crippen LogP contribution in [0.15, 0.2) is 42.7 Å². The monoisotopic (exact) mass is 242 g/mol. The molecule has 1 heterocycles. The Morgan fingerprint density at radius 3 is 2.94 bits per heavy atom. The maximum absolute atomic E-state index is 10.1. The van der Waals surface area contributed by atoms with Gasteiger partial charge in [-0.25, -0.2) is 0 Å². The lowest BCUT2D eigenvalue weighted by Crippen LogP contribution is -2.28. The topological polar surface area (TPSA) is 37.2 Å². The SMILES string of the molecule is Cn1ccc(CN[C@@H]2c3ccccc3C[C@@H]2O)c1. The fourth-order valence-corrected chi connectivity index (χ4v) is 2.71. The first-order valence-electron chi connectivity index (χ1n) is 6.34. The number of hydrogen-bond donors (Lipinski definition) is 2. The summed E-state index contributed by atoms with van der Waals surface area (Å²) in [7, 11) is 2.02. The lowest BCUT2D eigenvalue weighted by molar-refractivity contribution is 0.140. The van der Waals surface area contributed by atoms with Gasteiger partial charge in [-0.2, -0.15) is 0 Å². The number of hydrogen-bond acceptors (Lipinski definition) is 2. The first kappa shape index (κ1) is 11.5. The van der Waals surface area contributed by atoms with Crippen molar-refractivity contribution in [1.29, 1.82) is 0 Å². The molecule has 94 valence electrons. The van der Waals surface area contributed by atoms with Crippen LogP contribution in [0.4, 0.5) is 0 Å². The van der Waals surface area contributed by atoms with Crippen LogP contribution < -0.4 is 5.32 Å². The number of fused-ring (bicyclic) bond motifs is 1. The van der Waals surface area contributed by atoms with E-state index in [1.807, 2.05) is 29.9 Å². The number of aryl methyl sites for hydroxylation is 1. The van der Waals surface area contributed by atoms with Crippen LogP contribution in [0.1, 0.15) is 22.7 Å². The summed E-state index contributed by atoms with van der Waals surface area (Å²) in [6, 6.07) is 10.4. The summed E-state index contributed by atoms with van der Waals surface area (Å²) in [5.41, 5.74) is 3.74. The zero-order chi connectivity index (χ0) is 12.5. The molecule has 3 heteroatoms. The fourth-order valence-electron chi connectivity index (χ4n) is 2.71. The summed E-state index contributed by atoms with van der Waals surface area (Å²) in [5.74, 6) is 0. The fraction of sp³-hybridized carbons (Fsp3) is 0.333. The Hall–Kier alpha value is -1.58. The van der Waals surface area contributed by atoms with E-state index < -0.39 is 0 Å². The zero-order valence-electron chi connectivity index (χ0n) is 10.5. The predicted molar refractivity (Wildman–Crippen MR) is 71.1 cm³/mol. The van der Waals surface area contributed by atoms with Crippen LogP contribution in [0.3, 0.4) is 0 Å². The maximum atomic E-state index is 10.1. The minimum Gasteiger partial charge on any atom is -0.391 e. The summed E-state index contributed by atoms with van der Waals surface area (Å²) >= 11 is 0. The van der Waals surface area contributed by atoms with E-state index in [0.717, 1.165) is 13.0 Å². The second-order valence-corrected chi connectivity index (χ2v) is 5.01. The van der Waals surface area contributed by atoms with Crippen molar-refractivity contribution in [3.63, 3.8) is 0 Å². The van der Waals surface area contributed by atoms with Crippen molar-refractivity contribution in [3.8, 4) is 0 Å². The zero-order valence-corrected chi connectivity index (χ0v) is 10.5. The van der Waals surface area contributed by atoms with E-state index >= 15 is 0 Å². The number of nitrogens with zero attached hydrogens (tertiary/aromatic N) is 1. The molecule has 1 aliphatic rings. The molecule has 0 saturated heterocycles. The van der Waals surface area contributed by atoms with Gasteiger partial charge in [0.25, 0.3) is 0 Å². The highest BCUT2D eigenvalue weighted by molar-refractivity contribution is 5.36. The summed E-state index contributed by atoms with van der Waals surface area (Å²) in [6.07, 6.45) is 4.57. The van der Waals surface area contributed by atoms with Crippen molar-refractivity contribution in [3.05, 3.63) is 59.4 Å². The molecule has 1 aromatic heterocycles. The van der Waals surface area contributed by atoms with Gasteiger partial charge >= 0.3 is 0 Å².